The number of nitrogens with zero attached hydrogens (tertiary/aromatic N) is 1. The Morgan fingerprint density at radius 3 is 2.70 bits per heavy atom. The molecule has 0 aromatic heterocycles. The summed E-state index contributed by atoms with van der Waals surface area (Å²) in [6.45, 7) is 8.02. The van der Waals surface area contributed by atoms with E-state index < -0.39 is 0 Å². The van der Waals surface area contributed by atoms with Gasteiger partial charge in [0.25, 0.3) is 0 Å². The fraction of sp³-hybridized carbons (Fsp3) is 0.562. The summed E-state index contributed by atoms with van der Waals surface area (Å²) in [5.74, 6) is 1.51. The van der Waals surface area contributed by atoms with Crippen molar-refractivity contribution in [3.05, 3.63) is 29.3 Å². The number of aliphatic imine (C=N–C) groups is 1. The Labute approximate surface area is 161 Å². The van der Waals surface area contributed by atoms with Crippen molar-refractivity contribution >= 4 is 41.5 Å². The molecule has 1 rings (SSSR count). The van der Waals surface area contributed by atoms with Crippen LogP contribution in [0.1, 0.15) is 20.8 Å². The van der Waals surface area contributed by atoms with E-state index in [4.69, 9.17) is 21.1 Å². The molecule has 0 heterocycles. The van der Waals surface area contributed by atoms with Crippen LogP contribution in [0.15, 0.2) is 29.3 Å². The largest absolute Gasteiger partial charge is 0.489 e. The zero-order valence-corrected chi connectivity index (χ0v) is 17.2. The van der Waals surface area contributed by atoms with Crippen molar-refractivity contribution in [3.63, 3.8) is 0 Å². The molecule has 23 heavy (non-hydrogen) atoms. The summed E-state index contributed by atoms with van der Waals surface area (Å²) in [4.78, 5) is 4.54. The summed E-state index contributed by atoms with van der Waals surface area (Å²) in [5.41, 5.74) is 0. The maximum atomic E-state index is 5.94. The number of benzene rings is 1. The fourth-order valence-corrected chi connectivity index (χ4v) is 2.06. The molecule has 0 radical (unpaired) electrons. The normalized spacial score (nSPS) is 13.7. The fourth-order valence-electron chi connectivity index (χ4n) is 1.87. The Balaban J connectivity index is 0.00000484. The highest BCUT2D eigenvalue weighted by molar-refractivity contribution is 14.0. The maximum Gasteiger partial charge on any atom is 0.191 e. The molecular formula is C16H27ClIN3O2. The SMILES string of the molecule is CCNC(=NCC(C)Oc1cccc(Cl)c1)NC(C)COC.I. The van der Waals surface area contributed by atoms with Crippen molar-refractivity contribution in [3.8, 4) is 5.75 Å². The van der Waals surface area contributed by atoms with Gasteiger partial charge in [-0.1, -0.05) is 17.7 Å². The lowest BCUT2D eigenvalue weighted by Crippen LogP contribution is -2.44. The Morgan fingerprint density at radius 1 is 1.35 bits per heavy atom. The zero-order valence-electron chi connectivity index (χ0n) is 14.1. The molecule has 0 saturated heterocycles. The van der Waals surface area contributed by atoms with Gasteiger partial charge in [-0.2, -0.15) is 0 Å². The van der Waals surface area contributed by atoms with E-state index >= 15 is 0 Å². The monoisotopic (exact) mass is 455 g/mol. The summed E-state index contributed by atoms with van der Waals surface area (Å²) in [5, 5.41) is 7.15. The Bertz CT molecular complexity index is 474. The van der Waals surface area contributed by atoms with Crippen LogP contribution in [0.2, 0.25) is 5.02 Å². The minimum Gasteiger partial charge on any atom is -0.489 e. The van der Waals surface area contributed by atoms with E-state index in [9.17, 15) is 0 Å². The number of nitrogens with one attached hydrogen (secondary N) is 2. The van der Waals surface area contributed by atoms with Gasteiger partial charge in [0.05, 0.1) is 13.2 Å². The Hall–Kier alpha value is -0.730. The van der Waals surface area contributed by atoms with Gasteiger partial charge >= 0.3 is 0 Å². The average Bonchev–Trinajstić information content (AvgIpc) is 2.45. The molecule has 0 fully saturated rings. The lowest BCUT2D eigenvalue weighted by molar-refractivity contribution is 0.179. The molecule has 0 amide bonds. The van der Waals surface area contributed by atoms with Crippen molar-refractivity contribution in [1.82, 2.24) is 10.6 Å². The summed E-state index contributed by atoms with van der Waals surface area (Å²) in [6, 6.07) is 7.56. The zero-order chi connectivity index (χ0) is 16.4. The number of hydrogen-bond acceptors (Lipinski definition) is 3. The average molecular weight is 456 g/mol. The smallest absolute Gasteiger partial charge is 0.191 e. The van der Waals surface area contributed by atoms with Crippen molar-refractivity contribution < 1.29 is 9.47 Å². The van der Waals surface area contributed by atoms with Crippen molar-refractivity contribution in [2.24, 2.45) is 4.99 Å². The molecule has 7 heteroatoms. The van der Waals surface area contributed by atoms with Gasteiger partial charge in [-0.25, -0.2) is 4.99 Å². The lowest BCUT2D eigenvalue weighted by Gasteiger charge is -2.18. The second kappa shape index (κ2) is 12.7. The van der Waals surface area contributed by atoms with Crippen LogP contribution in [0.25, 0.3) is 0 Å². The van der Waals surface area contributed by atoms with E-state index in [1.54, 1.807) is 13.2 Å². The highest BCUT2D eigenvalue weighted by atomic mass is 127. The highest BCUT2D eigenvalue weighted by Crippen LogP contribution is 2.18. The van der Waals surface area contributed by atoms with Crippen LogP contribution in [-0.2, 0) is 4.74 Å². The van der Waals surface area contributed by atoms with E-state index in [0.29, 0.717) is 18.2 Å². The first-order chi connectivity index (χ1) is 10.5. The van der Waals surface area contributed by atoms with E-state index in [2.05, 4.69) is 15.6 Å². The Kier molecular flexibility index (Phi) is 12.3. The Morgan fingerprint density at radius 2 is 2.09 bits per heavy atom. The van der Waals surface area contributed by atoms with Crippen LogP contribution in [0, 0.1) is 0 Å². The number of ether oxygens (including phenoxy) is 2. The van der Waals surface area contributed by atoms with E-state index in [1.165, 1.54) is 0 Å². The first-order valence-electron chi connectivity index (χ1n) is 7.51. The third kappa shape index (κ3) is 9.88. The van der Waals surface area contributed by atoms with Crippen LogP contribution >= 0.6 is 35.6 Å². The van der Waals surface area contributed by atoms with E-state index in [-0.39, 0.29) is 36.1 Å². The minimum absolute atomic E-state index is 0. The molecule has 0 bridgehead atoms. The standard InChI is InChI=1S/C16H26ClN3O2.HI/c1-5-18-16(20-12(2)11-21-4)19-10-13(3)22-15-8-6-7-14(17)9-15;/h6-9,12-13H,5,10-11H2,1-4H3,(H2,18,19,20);1H. The molecular weight excluding hydrogens is 429 g/mol. The number of hydrogen-bond donors (Lipinski definition) is 2. The number of methoxy groups -OCH3 is 1. The predicted octanol–water partition coefficient (Wildman–Crippen LogP) is 3.32. The van der Waals surface area contributed by atoms with Crippen LogP contribution in [0.5, 0.6) is 5.75 Å². The van der Waals surface area contributed by atoms with Crippen LogP contribution in [0.4, 0.5) is 0 Å². The quantitative estimate of drug-likeness (QED) is 0.359. The third-order valence-corrected chi connectivity index (χ3v) is 3.02. The molecule has 0 aliphatic rings. The van der Waals surface area contributed by atoms with Crippen LogP contribution in [0.3, 0.4) is 0 Å². The maximum absolute atomic E-state index is 5.94. The van der Waals surface area contributed by atoms with Crippen molar-refractivity contribution in [1.29, 1.82) is 0 Å². The first kappa shape index (κ1) is 22.3. The summed E-state index contributed by atoms with van der Waals surface area (Å²) < 4.78 is 10.9. The topological polar surface area (TPSA) is 54.9 Å². The van der Waals surface area contributed by atoms with Gasteiger partial charge in [0.15, 0.2) is 5.96 Å². The lowest BCUT2D eigenvalue weighted by atomic mass is 10.3. The summed E-state index contributed by atoms with van der Waals surface area (Å²) in [6.07, 6.45) is -0.0494. The summed E-state index contributed by atoms with van der Waals surface area (Å²) >= 11 is 5.94. The molecule has 2 N–H and O–H groups in total. The molecule has 5 nitrogen and oxygen atoms in total. The minimum atomic E-state index is -0.0494. The summed E-state index contributed by atoms with van der Waals surface area (Å²) in [7, 11) is 1.68. The molecule has 1 aromatic rings. The van der Waals surface area contributed by atoms with Crippen molar-refractivity contribution in [2.75, 3.05) is 26.8 Å². The van der Waals surface area contributed by atoms with Crippen LogP contribution in [-0.4, -0.2) is 44.9 Å². The first-order valence-corrected chi connectivity index (χ1v) is 7.89. The number of halogens is 2. The van der Waals surface area contributed by atoms with Gasteiger partial charge < -0.3 is 20.1 Å². The molecule has 0 saturated carbocycles. The molecule has 2 unspecified atom stereocenters. The molecule has 1 aromatic carbocycles. The van der Waals surface area contributed by atoms with Gasteiger partial charge in [-0.05, 0) is 39.0 Å². The molecule has 132 valence electrons. The molecule has 0 spiro atoms. The molecule has 2 atom stereocenters. The second-order valence-corrected chi connectivity index (χ2v) is 5.54. The van der Waals surface area contributed by atoms with Gasteiger partial charge in [-0.15, -0.1) is 24.0 Å². The third-order valence-electron chi connectivity index (χ3n) is 2.78. The van der Waals surface area contributed by atoms with Crippen LogP contribution < -0.4 is 15.4 Å². The molecule has 0 aliphatic carbocycles. The van der Waals surface area contributed by atoms with Gasteiger partial charge in [-0.3, -0.25) is 0 Å². The number of guanidine groups is 1. The number of rotatable bonds is 8. The van der Waals surface area contributed by atoms with Gasteiger partial charge in [0.1, 0.15) is 11.9 Å². The molecule has 0 aliphatic heterocycles. The van der Waals surface area contributed by atoms with E-state index in [1.807, 2.05) is 39.0 Å². The highest BCUT2D eigenvalue weighted by Gasteiger charge is 2.07. The van der Waals surface area contributed by atoms with E-state index in [0.717, 1.165) is 18.3 Å². The van der Waals surface area contributed by atoms with Crippen molar-refractivity contribution in [2.45, 2.75) is 32.9 Å². The van der Waals surface area contributed by atoms with Gasteiger partial charge in [0, 0.05) is 24.7 Å². The van der Waals surface area contributed by atoms with Gasteiger partial charge in [0.2, 0.25) is 0 Å². The predicted molar refractivity (Wildman–Crippen MR) is 107 cm³/mol. The second-order valence-electron chi connectivity index (χ2n) is 5.11.